The van der Waals surface area contributed by atoms with E-state index in [4.69, 9.17) is 5.26 Å². The van der Waals surface area contributed by atoms with Gasteiger partial charge in [-0.15, -0.1) is 0 Å². The summed E-state index contributed by atoms with van der Waals surface area (Å²) in [6.45, 7) is 8.17. The van der Waals surface area contributed by atoms with Gasteiger partial charge >= 0.3 is 0 Å². The van der Waals surface area contributed by atoms with Crippen molar-refractivity contribution in [1.82, 2.24) is 4.72 Å². The molecule has 0 saturated carbocycles. The van der Waals surface area contributed by atoms with E-state index in [0.29, 0.717) is 18.9 Å². The molecule has 0 aromatic heterocycles. The highest BCUT2D eigenvalue weighted by Gasteiger charge is 2.23. The molecule has 0 bridgehead atoms. The Morgan fingerprint density at radius 1 is 1.33 bits per heavy atom. The third-order valence-corrected chi connectivity index (χ3v) is 4.39. The van der Waals surface area contributed by atoms with Crippen LogP contribution in [0.25, 0.3) is 0 Å². The van der Waals surface area contributed by atoms with Crippen LogP contribution in [0.4, 0.5) is 0 Å². The molecule has 0 fully saturated rings. The zero-order chi connectivity index (χ0) is 12.1. The van der Waals surface area contributed by atoms with Crippen LogP contribution < -0.4 is 4.72 Å². The largest absolute Gasteiger partial charge is 0.227 e. The van der Waals surface area contributed by atoms with Crippen molar-refractivity contribution in [3.8, 4) is 6.07 Å². The van der Waals surface area contributed by atoms with Crippen molar-refractivity contribution in [2.24, 2.45) is 11.8 Å². The van der Waals surface area contributed by atoms with Crippen LogP contribution in [0, 0.1) is 23.2 Å². The van der Waals surface area contributed by atoms with Gasteiger partial charge in [0.1, 0.15) is 0 Å². The molecule has 1 N–H and O–H groups in total. The van der Waals surface area contributed by atoms with E-state index in [0.717, 1.165) is 0 Å². The molecule has 0 aliphatic rings. The topological polar surface area (TPSA) is 70.0 Å². The van der Waals surface area contributed by atoms with Gasteiger partial charge in [0.2, 0.25) is 10.0 Å². The zero-order valence-corrected chi connectivity index (χ0v) is 10.6. The summed E-state index contributed by atoms with van der Waals surface area (Å²) in [4.78, 5) is 0. The third kappa shape index (κ3) is 4.63. The lowest BCUT2D eigenvalue weighted by atomic mass is 9.99. The maximum Gasteiger partial charge on any atom is 0.227 e. The van der Waals surface area contributed by atoms with Crippen LogP contribution in [0.5, 0.6) is 0 Å². The summed E-state index contributed by atoms with van der Waals surface area (Å²) in [5, 5.41) is 7.73. The summed E-state index contributed by atoms with van der Waals surface area (Å²) in [5.41, 5.74) is 0. The summed E-state index contributed by atoms with van der Waals surface area (Å²) >= 11 is 0. The van der Waals surface area contributed by atoms with Gasteiger partial charge in [-0.1, -0.05) is 27.7 Å². The van der Waals surface area contributed by atoms with Crippen molar-refractivity contribution in [2.45, 2.75) is 39.4 Å². The summed E-state index contributed by atoms with van der Waals surface area (Å²) in [6, 6.07) is 1.79. The number of rotatable bonds is 6. The highest BCUT2D eigenvalue weighted by atomic mass is 32.2. The van der Waals surface area contributed by atoms with E-state index in [1.165, 1.54) is 0 Å². The molecule has 0 aliphatic carbocycles. The number of sulfonamides is 1. The van der Waals surface area contributed by atoms with Gasteiger partial charge in [-0.2, -0.15) is 5.26 Å². The van der Waals surface area contributed by atoms with E-state index in [1.54, 1.807) is 13.0 Å². The van der Waals surface area contributed by atoms with Crippen LogP contribution in [0.15, 0.2) is 0 Å². The summed E-state index contributed by atoms with van der Waals surface area (Å²) < 4.78 is 25.7. The molecule has 2 unspecified atom stereocenters. The van der Waals surface area contributed by atoms with E-state index in [-0.39, 0.29) is 5.92 Å². The number of hydrogen-bond donors (Lipinski definition) is 1. The Labute approximate surface area is 92.7 Å². The molecule has 0 aromatic rings. The Hall–Kier alpha value is -0.600. The number of nitrogens with zero attached hydrogens (tertiary/aromatic N) is 1. The molecule has 15 heavy (non-hydrogen) atoms. The Bertz CT molecular complexity index is 317. The SMILES string of the molecule is CCC(C#N)S(=O)(=O)NCC(C)C(C)C. The Kier molecular flexibility index (Phi) is 5.84. The minimum atomic E-state index is -3.46. The van der Waals surface area contributed by atoms with Gasteiger partial charge in [0, 0.05) is 6.54 Å². The summed E-state index contributed by atoms with van der Waals surface area (Å²) in [7, 11) is -3.46. The third-order valence-electron chi connectivity index (χ3n) is 2.63. The Balaban J connectivity index is 4.35. The molecule has 0 saturated heterocycles. The molecule has 88 valence electrons. The second kappa shape index (κ2) is 6.09. The smallest absolute Gasteiger partial charge is 0.214 e. The number of hydrogen-bond acceptors (Lipinski definition) is 3. The lowest BCUT2D eigenvalue weighted by Crippen LogP contribution is -2.36. The molecule has 0 amide bonds. The Morgan fingerprint density at radius 3 is 2.20 bits per heavy atom. The average Bonchev–Trinajstić information content (AvgIpc) is 2.15. The van der Waals surface area contributed by atoms with Crippen LogP contribution >= 0.6 is 0 Å². The zero-order valence-electron chi connectivity index (χ0n) is 9.82. The van der Waals surface area contributed by atoms with Crippen LogP contribution in [-0.2, 0) is 10.0 Å². The standard InChI is InChI=1S/C10H20N2O2S/c1-5-10(6-11)15(13,14)12-7-9(4)8(2)3/h8-10,12H,5,7H2,1-4H3. The Morgan fingerprint density at radius 2 is 1.87 bits per heavy atom. The minimum Gasteiger partial charge on any atom is -0.214 e. The second-order valence-electron chi connectivity index (χ2n) is 4.14. The van der Waals surface area contributed by atoms with Gasteiger partial charge in [-0.25, -0.2) is 13.1 Å². The predicted molar refractivity (Wildman–Crippen MR) is 60.6 cm³/mol. The van der Waals surface area contributed by atoms with Crippen molar-refractivity contribution in [1.29, 1.82) is 5.26 Å². The first-order valence-corrected chi connectivity index (χ1v) is 6.77. The van der Waals surface area contributed by atoms with Crippen LogP contribution in [0.3, 0.4) is 0 Å². The molecule has 5 heteroatoms. The van der Waals surface area contributed by atoms with Crippen molar-refractivity contribution < 1.29 is 8.42 Å². The van der Waals surface area contributed by atoms with E-state index < -0.39 is 15.3 Å². The first-order chi connectivity index (χ1) is 6.85. The van der Waals surface area contributed by atoms with Gasteiger partial charge in [0.25, 0.3) is 0 Å². The van der Waals surface area contributed by atoms with E-state index in [2.05, 4.69) is 4.72 Å². The lowest BCUT2D eigenvalue weighted by molar-refractivity contribution is 0.414. The molecule has 0 aromatic carbocycles. The maximum absolute atomic E-state index is 11.6. The van der Waals surface area contributed by atoms with Crippen molar-refractivity contribution in [3.63, 3.8) is 0 Å². The molecule has 0 aliphatic heterocycles. The molecule has 2 atom stereocenters. The monoisotopic (exact) mass is 232 g/mol. The van der Waals surface area contributed by atoms with E-state index >= 15 is 0 Å². The molecule has 0 heterocycles. The molecular weight excluding hydrogens is 212 g/mol. The van der Waals surface area contributed by atoms with Crippen molar-refractivity contribution in [3.05, 3.63) is 0 Å². The molecule has 0 rings (SSSR count). The lowest BCUT2D eigenvalue weighted by Gasteiger charge is -2.17. The average molecular weight is 232 g/mol. The van der Waals surface area contributed by atoms with Gasteiger partial charge in [0.05, 0.1) is 6.07 Å². The number of nitriles is 1. The molecule has 0 radical (unpaired) electrons. The first kappa shape index (κ1) is 14.4. The van der Waals surface area contributed by atoms with Crippen molar-refractivity contribution >= 4 is 10.0 Å². The predicted octanol–water partition coefficient (Wildman–Crippen LogP) is 1.50. The highest BCUT2D eigenvalue weighted by molar-refractivity contribution is 7.90. The van der Waals surface area contributed by atoms with Gasteiger partial charge in [-0.05, 0) is 18.3 Å². The quantitative estimate of drug-likeness (QED) is 0.754. The fraction of sp³-hybridized carbons (Fsp3) is 0.900. The van der Waals surface area contributed by atoms with E-state index in [9.17, 15) is 8.42 Å². The van der Waals surface area contributed by atoms with Crippen LogP contribution in [0.2, 0.25) is 0 Å². The van der Waals surface area contributed by atoms with Crippen LogP contribution in [-0.4, -0.2) is 20.2 Å². The normalized spacial score (nSPS) is 16.0. The summed E-state index contributed by atoms with van der Waals surface area (Å²) in [6.07, 6.45) is 0.321. The molecule has 4 nitrogen and oxygen atoms in total. The second-order valence-corrected chi connectivity index (χ2v) is 6.09. The molecule has 0 spiro atoms. The van der Waals surface area contributed by atoms with E-state index in [1.807, 2.05) is 20.8 Å². The summed E-state index contributed by atoms with van der Waals surface area (Å²) in [5.74, 6) is 0.700. The maximum atomic E-state index is 11.6. The number of nitrogens with one attached hydrogen (secondary N) is 1. The first-order valence-electron chi connectivity index (χ1n) is 5.23. The van der Waals surface area contributed by atoms with Crippen LogP contribution in [0.1, 0.15) is 34.1 Å². The van der Waals surface area contributed by atoms with Gasteiger partial charge in [0.15, 0.2) is 5.25 Å². The van der Waals surface area contributed by atoms with Crippen molar-refractivity contribution in [2.75, 3.05) is 6.54 Å². The molecular formula is C10H20N2O2S. The minimum absolute atomic E-state index is 0.274. The fourth-order valence-electron chi connectivity index (χ4n) is 0.964. The van der Waals surface area contributed by atoms with Gasteiger partial charge < -0.3 is 0 Å². The fourth-order valence-corrected chi connectivity index (χ4v) is 2.24. The highest BCUT2D eigenvalue weighted by Crippen LogP contribution is 2.09. The van der Waals surface area contributed by atoms with Gasteiger partial charge in [-0.3, -0.25) is 0 Å².